The standard InChI is InChI=1S/C18H18N2O5S/c1-3-15-14-5-7-26-16(14)4-6-19(15)17(21)11-8-12(18(22)25-2)10-13(9-11)20(23)24/h5,7-10,15H,3-4,6H2,1-2H3. The number of esters is 1. The number of hydrogen-bond acceptors (Lipinski definition) is 6. The summed E-state index contributed by atoms with van der Waals surface area (Å²) in [6, 6.07) is 5.65. The Morgan fingerprint density at radius 3 is 2.73 bits per heavy atom. The quantitative estimate of drug-likeness (QED) is 0.463. The molecule has 0 bridgehead atoms. The van der Waals surface area contributed by atoms with Crippen molar-refractivity contribution in [2.24, 2.45) is 0 Å². The van der Waals surface area contributed by atoms with Gasteiger partial charge >= 0.3 is 5.97 Å². The van der Waals surface area contributed by atoms with Crippen LogP contribution in [0.25, 0.3) is 0 Å². The average Bonchev–Trinajstić information content (AvgIpc) is 3.14. The number of nitrogens with zero attached hydrogens (tertiary/aromatic N) is 2. The van der Waals surface area contributed by atoms with Crippen LogP contribution in [0.15, 0.2) is 29.6 Å². The Hall–Kier alpha value is -2.74. The maximum absolute atomic E-state index is 13.1. The zero-order valence-corrected chi connectivity index (χ0v) is 15.2. The average molecular weight is 374 g/mol. The molecule has 2 aromatic rings. The van der Waals surface area contributed by atoms with Crippen LogP contribution in [0, 0.1) is 10.1 Å². The topological polar surface area (TPSA) is 89.8 Å². The van der Waals surface area contributed by atoms with Crippen molar-refractivity contribution in [3.05, 3.63) is 61.3 Å². The Kier molecular flexibility index (Phi) is 5.03. The van der Waals surface area contributed by atoms with E-state index in [1.165, 1.54) is 24.1 Å². The summed E-state index contributed by atoms with van der Waals surface area (Å²) in [6.45, 7) is 2.55. The van der Waals surface area contributed by atoms with E-state index in [1.807, 2.05) is 18.4 Å². The molecule has 1 amide bonds. The lowest BCUT2D eigenvalue weighted by atomic mass is 9.96. The third kappa shape index (κ3) is 3.20. The van der Waals surface area contributed by atoms with Crippen LogP contribution >= 0.6 is 11.3 Å². The molecule has 0 spiro atoms. The molecule has 7 nitrogen and oxygen atoms in total. The molecule has 3 rings (SSSR count). The van der Waals surface area contributed by atoms with Crippen LogP contribution in [-0.4, -0.2) is 35.4 Å². The Morgan fingerprint density at radius 2 is 2.08 bits per heavy atom. The second kappa shape index (κ2) is 7.25. The van der Waals surface area contributed by atoms with Gasteiger partial charge in [0.05, 0.1) is 23.6 Å². The molecule has 0 N–H and O–H groups in total. The lowest BCUT2D eigenvalue weighted by molar-refractivity contribution is -0.384. The molecule has 1 atom stereocenters. The van der Waals surface area contributed by atoms with E-state index in [0.717, 1.165) is 24.5 Å². The van der Waals surface area contributed by atoms with E-state index < -0.39 is 10.9 Å². The van der Waals surface area contributed by atoms with Crippen LogP contribution in [0.3, 0.4) is 0 Å². The number of methoxy groups -OCH3 is 1. The van der Waals surface area contributed by atoms with Crippen molar-refractivity contribution in [2.45, 2.75) is 25.8 Å². The van der Waals surface area contributed by atoms with Crippen molar-refractivity contribution < 1.29 is 19.2 Å². The maximum atomic E-state index is 13.1. The molecule has 26 heavy (non-hydrogen) atoms. The van der Waals surface area contributed by atoms with Crippen LogP contribution in [0.4, 0.5) is 5.69 Å². The summed E-state index contributed by atoms with van der Waals surface area (Å²) >= 11 is 1.68. The number of carbonyl (C=O) groups excluding carboxylic acids is 2. The summed E-state index contributed by atoms with van der Waals surface area (Å²) < 4.78 is 4.64. The van der Waals surface area contributed by atoms with Gasteiger partial charge < -0.3 is 9.64 Å². The minimum Gasteiger partial charge on any atom is -0.465 e. The number of benzene rings is 1. The molecule has 8 heteroatoms. The van der Waals surface area contributed by atoms with Crippen LogP contribution in [0.5, 0.6) is 0 Å². The van der Waals surface area contributed by atoms with Crippen molar-refractivity contribution in [3.63, 3.8) is 0 Å². The molecule has 1 aromatic heterocycles. The normalized spacial score (nSPS) is 16.1. The molecule has 0 fully saturated rings. The van der Waals surface area contributed by atoms with Crippen molar-refractivity contribution >= 4 is 28.9 Å². The van der Waals surface area contributed by atoms with Gasteiger partial charge in [0.2, 0.25) is 0 Å². The number of nitro groups is 1. The summed E-state index contributed by atoms with van der Waals surface area (Å²) in [6.07, 6.45) is 1.50. The van der Waals surface area contributed by atoms with Crippen molar-refractivity contribution in [1.29, 1.82) is 0 Å². The highest BCUT2D eigenvalue weighted by Gasteiger charge is 2.32. The summed E-state index contributed by atoms with van der Waals surface area (Å²) in [5.74, 6) is -1.03. The first-order valence-electron chi connectivity index (χ1n) is 8.21. The summed E-state index contributed by atoms with van der Waals surface area (Å²) in [7, 11) is 1.19. The molecule has 0 radical (unpaired) electrons. The molecule has 1 unspecified atom stereocenters. The van der Waals surface area contributed by atoms with Gasteiger partial charge in [-0.1, -0.05) is 6.92 Å². The van der Waals surface area contributed by atoms with Crippen LogP contribution in [0.2, 0.25) is 0 Å². The highest BCUT2D eigenvalue weighted by Crippen LogP contribution is 2.36. The third-order valence-electron chi connectivity index (χ3n) is 4.54. The zero-order chi connectivity index (χ0) is 18.8. The molecule has 1 aliphatic rings. The van der Waals surface area contributed by atoms with Gasteiger partial charge in [0.1, 0.15) is 0 Å². The number of fused-ring (bicyclic) bond motifs is 1. The van der Waals surface area contributed by atoms with Crippen LogP contribution < -0.4 is 0 Å². The number of ether oxygens (including phenoxy) is 1. The van der Waals surface area contributed by atoms with E-state index >= 15 is 0 Å². The van der Waals surface area contributed by atoms with Crippen LogP contribution in [0.1, 0.15) is 50.5 Å². The van der Waals surface area contributed by atoms with E-state index in [-0.39, 0.29) is 28.8 Å². The van der Waals surface area contributed by atoms with Gasteiger partial charge in [-0.15, -0.1) is 11.3 Å². The van der Waals surface area contributed by atoms with Gasteiger partial charge in [0.15, 0.2) is 0 Å². The maximum Gasteiger partial charge on any atom is 0.338 e. The molecule has 0 saturated heterocycles. The molecule has 2 heterocycles. The second-order valence-corrected chi connectivity index (χ2v) is 6.99. The zero-order valence-electron chi connectivity index (χ0n) is 14.4. The van der Waals surface area contributed by atoms with E-state index in [9.17, 15) is 19.7 Å². The predicted molar refractivity (Wildman–Crippen MR) is 96.5 cm³/mol. The fourth-order valence-corrected chi connectivity index (χ4v) is 4.25. The fourth-order valence-electron chi connectivity index (χ4n) is 3.32. The largest absolute Gasteiger partial charge is 0.465 e. The lowest BCUT2D eigenvalue weighted by Gasteiger charge is -2.35. The lowest BCUT2D eigenvalue weighted by Crippen LogP contribution is -2.39. The number of amides is 1. The van der Waals surface area contributed by atoms with Crippen molar-refractivity contribution in [1.82, 2.24) is 4.90 Å². The second-order valence-electron chi connectivity index (χ2n) is 5.99. The predicted octanol–water partition coefficient (Wildman–Crippen LogP) is 3.59. The molecule has 1 aromatic carbocycles. The summed E-state index contributed by atoms with van der Waals surface area (Å²) in [4.78, 5) is 38.5. The Bertz CT molecular complexity index is 876. The van der Waals surface area contributed by atoms with Gasteiger partial charge in [-0.2, -0.15) is 0 Å². The molecular formula is C18H18N2O5S. The number of nitro benzene ring substituents is 1. The monoisotopic (exact) mass is 374 g/mol. The van der Waals surface area contributed by atoms with Gasteiger partial charge in [0, 0.05) is 29.1 Å². The van der Waals surface area contributed by atoms with E-state index in [4.69, 9.17) is 0 Å². The number of carbonyl (C=O) groups is 2. The van der Waals surface area contributed by atoms with Gasteiger partial charge in [0.25, 0.3) is 11.6 Å². The third-order valence-corrected chi connectivity index (χ3v) is 5.54. The molecular weight excluding hydrogens is 356 g/mol. The van der Waals surface area contributed by atoms with E-state index in [1.54, 1.807) is 16.2 Å². The Balaban J connectivity index is 2.00. The highest BCUT2D eigenvalue weighted by atomic mass is 32.1. The Morgan fingerprint density at radius 1 is 1.35 bits per heavy atom. The van der Waals surface area contributed by atoms with Gasteiger partial charge in [-0.05, 0) is 35.9 Å². The van der Waals surface area contributed by atoms with Crippen molar-refractivity contribution in [2.75, 3.05) is 13.7 Å². The van der Waals surface area contributed by atoms with Crippen molar-refractivity contribution in [3.8, 4) is 0 Å². The highest BCUT2D eigenvalue weighted by molar-refractivity contribution is 7.10. The van der Waals surface area contributed by atoms with Gasteiger partial charge in [-0.3, -0.25) is 14.9 Å². The number of non-ortho nitro benzene ring substituents is 1. The van der Waals surface area contributed by atoms with Crippen LogP contribution in [-0.2, 0) is 11.2 Å². The molecule has 136 valence electrons. The molecule has 0 saturated carbocycles. The number of thiophene rings is 1. The minimum absolute atomic E-state index is 0.00803. The van der Waals surface area contributed by atoms with E-state index in [0.29, 0.717) is 6.54 Å². The first kappa shape index (κ1) is 18.1. The molecule has 0 aliphatic carbocycles. The molecule has 1 aliphatic heterocycles. The first-order chi connectivity index (χ1) is 12.5. The summed E-state index contributed by atoms with van der Waals surface area (Å²) in [5.41, 5.74) is 0.941. The SMILES string of the molecule is CCC1c2ccsc2CCN1C(=O)c1cc(C(=O)OC)cc([N+](=O)[O-])c1. The summed E-state index contributed by atoms with van der Waals surface area (Å²) in [5, 5.41) is 13.2. The Labute approximate surface area is 154 Å². The number of hydrogen-bond donors (Lipinski definition) is 0. The number of rotatable bonds is 4. The fraction of sp³-hybridized carbons (Fsp3) is 0.333. The first-order valence-corrected chi connectivity index (χ1v) is 9.09. The van der Waals surface area contributed by atoms with Gasteiger partial charge in [-0.25, -0.2) is 4.79 Å². The van der Waals surface area contributed by atoms with E-state index in [2.05, 4.69) is 4.74 Å². The smallest absolute Gasteiger partial charge is 0.338 e. The minimum atomic E-state index is -0.714.